The van der Waals surface area contributed by atoms with Gasteiger partial charge in [0.15, 0.2) is 18.1 Å². The molecular weight excluding hydrogens is 334 g/mol. The predicted octanol–water partition coefficient (Wildman–Crippen LogP) is 3.07. The zero-order valence-electron chi connectivity index (χ0n) is 15.0. The van der Waals surface area contributed by atoms with Gasteiger partial charge < -0.3 is 19.5 Å². The molecule has 0 fully saturated rings. The first kappa shape index (κ1) is 17.8. The van der Waals surface area contributed by atoms with Crippen LogP contribution in [0, 0.1) is 13.8 Å². The number of carbonyl (C=O) groups excluding carboxylic acids is 2. The Morgan fingerprint density at radius 1 is 1.08 bits per heavy atom. The van der Waals surface area contributed by atoms with E-state index in [1.54, 1.807) is 18.2 Å². The number of fused-ring (bicyclic) bond motifs is 1. The fraction of sp³-hybridized carbons (Fsp3) is 0.300. The number of hydrogen-bond acceptors (Lipinski definition) is 5. The number of esters is 1. The molecule has 1 aliphatic rings. The SMILES string of the molecule is Cc1ccc([C@H](C)NC(=O)COC(=O)c2ccc3c(c2)OCO3)cc1C. The fourth-order valence-electron chi connectivity index (χ4n) is 2.64. The lowest BCUT2D eigenvalue weighted by atomic mass is 10.0. The van der Waals surface area contributed by atoms with Gasteiger partial charge in [0.25, 0.3) is 5.91 Å². The van der Waals surface area contributed by atoms with E-state index in [0.29, 0.717) is 17.1 Å². The van der Waals surface area contributed by atoms with Crippen LogP contribution in [0.25, 0.3) is 0 Å². The lowest BCUT2D eigenvalue weighted by Crippen LogP contribution is -2.31. The summed E-state index contributed by atoms with van der Waals surface area (Å²) in [4.78, 5) is 24.2. The van der Waals surface area contributed by atoms with Crippen LogP contribution in [0.4, 0.5) is 0 Å². The van der Waals surface area contributed by atoms with Crippen molar-refractivity contribution in [2.45, 2.75) is 26.8 Å². The van der Waals surface area contributed by atoms with Crippen molar-refractivity contribution in [1.82, 2.24) is 5.32 Å². The summed E-state index contributed by atoms with van der Waals surface area (Å²) < 4.78 is 15.5. The standard InChI is InChI=1S/C20H21NO5/c1-12-4-5-15(8-13(12)2)14(3)21-19(22)10-24-20(23)16-6-7-17-18(9-16)26-11-25-17/h4-9,14H,10-11H2,1-3H3,(H,21,22)/t14-/m0/s1. The van der Waals surface area contributed by atoms with E-state index in [1.807, 2.05) is 39.0 Å². The summed E-state index contributed by atoms with van der Waals surface area (Å²) in [6, 6.07) is 10.6. The molecule has 0 radical (unpaired) electrons. The van der Waals surface area contributed by atoms with Gasteiger partial charge in [-0.3, -0.25) is 4.79 Å². The van der Waals surface area contributed by atoms with E-state index in [1.165, 1.54) is 5.56 Å². The molecule has 2 aromatic rings. The zero-order chi connectivity index (χ0) is 18.7. The fourth-order valence-corrected chi connectivity index (χ4v) is 2.64. The highest BCUT2D eigenvalue weighted by Gasteiger charge is 2.18. The van der Waals surface area contributed by atoms with Crippen LogP contribution in [-0.4, -0.2) is 25.3 Å². The molecule has 3 rings (SSSR count). The van der Waals surface area contributed by atoms with Crippen molar-refractivity contribution in [2.24, 2.45) is 0 Å². The highest BCUT2D eigenvalue weighted by Crippen LogP contribution is 2.32. The molecule has 0 spiro atoms. The first-order valence-electron chi connectivity index (χ1n) is 8.37. The molecule has 0 aromatic heterocycles. The van der Waals surface area contributed by atoms with Crippen LogP contribution in [0.2, 0.25) is 0 Å². The first-order valence-corrected chi connectivity index (χ1v) is 8.37. The van der Waals surface area contributed by atoms with Crippen LogP contribution in [0.5, 0.6) is 11.5 Å². The molecule has 0 saturated heterocycles. The van der Waals surface area contributed by atoms with E-state index < -0.39 is 5.97 Å². The summed E-state index contributed by atoms with van der Waals surface area (Å²) in [5.74, 6) is 0.135. The number of hydrogen-bond donors (Lipinski definition) is 1. The van der Waals surface area contributed by atoms with Gasteiger partial charge in [-0.25, -0.2) is 4.79 Å². The summed E-state index contributed by atoms with van der Waals surface area (Å²) in [6.45, 7) is 5.75. The predicted molar refractivity (Wildman–Crippen MR) is 95.3 cm³/mol. The maximum absolute atomic E-state index is 12.1. The quantitative estimate of drug-likeness (QED) is 0.835. The third-order valence-corrected chi connectivity index (χ3v) is 4.35. The van der Waals surface area contributed by atoms with Crippen molar-refractivity contribution >= 4 is 11.9 Å². The molecule has 26 heavy (non-hydrogen) atoms. The average molecular weight is 355 g/mol. The van der Waals surface area contributed by atoms with Crippen molar-refractivity contribution in [3.8, 4) is 11.5 Å². The molecule has 136 valence electrons. The lowest BCUT2D eigenvalue weighted by Gasteiger charge is -2.15. The monoisotopic (exact) mass is 355 g/mol. The van der Waals surface area contributed by atoms with Gasteiger partial charge in [0.1, 0.15) is 0 Å². The molecular formula is C20H21NO5. The van der Waals surface area contributed by atoms with Gasteiger partial charge in [-0.1, -0.05) is 18.2 Å². The van der Waals surface area contributed by atoms with E-state index in [-0.39, 0.29) is 25.3 Å². The van der Waals surface area contributed by atoms with Crippen LogP contribution < -0.4 is 14.8 Å². The zero-order valence-corrected chi connectivity index (χ0v) is 15.0. The van der Waals surface area contributed by atoms with Crippen molar-refractivity contribution in [1.29, 1.82) is 0 Å². The Morgan fingerprint density at radius 3 is 2.62 bits per heavy atom. The molecule has 1 amide bonds. The maximum atomic E-state index is 12.1. The molecule has 1 aliphatic heterocycles. The van der Waals surface area contributed by atoms with Gasteiger partial charge in [-0.2, -0.15) is 0 Å². The number of benzene rings is 2. The number of amides is 1. The molecule has 1 heterocycles. The van der Waals surface area contributed by atoms with Gasteiger partial charge >= 0.3 is 5.97 Å². The minimum atomic E-state index is -0.586. The molecule has 1 N–H and O–H groups in total. The van der Waals surface area contributed by atoms with Crippen molar-refractivity contribution < 1.29 is 23.8 Å². The van der Waals surface area contributed by atoms with Crippen LogP contribution in [0.1, 0.15) is 40.0 Å². The Balaban J connectivity index is 1.53. The Labute approximate surface area is 152 Å². The first-order chi connectivity index (χ1) is 12.4. The highest BCUT2D eigenvalue weighted by molar-refractivity contribution is 5.92. The molecule has 0 aliphatic carbocycles. The third kappa shape index (κ3) is 3.96. The van der Waals surface area contributed by atoms with E-state index in [0.717, 1.165) is 11.1 Å². The molecule has 0 bridgehead atoms. The number of rotatable bonds is 5. The Morgan fingerprint density at radius 2 is 1.85 bits per heavy atom. The number of nitrogens with one attached hydrogen (secondary N) is 1. The van der Waals surface area contributed by atoms with Gasteiger partial charge in [-0.15, -0.1) is 0 Å². The number of carbonyl (C=O) groups is 2. The largest absolute Gasteiger partial charge is 0.454 e. The highest BCUT2D eigenvalue weighted by atomic mass is 16.7. The molecule has 2 aromatic carbocycles. The van der Waals surface area contributed by atoms with E-state index in [9.17, 15) is 9.59 Å². The second-order valence-electron chi connectivity index (χ2n) is 6.28. The maximum Gasteiger partial charge on any atom is 0.338 e. The molecule has 1 atom stereocenters. The van der Waals surface area contributed by atoms with Gasteiger partial charge in [-0.05, 0) is 55.7 Å². The molecule has 0 saturated carbocycles. The van der Waals surface area contributed by atoms with Crippen molar-refractivity contribution in [3.05, 3.63) is 58.7 Å². The number of aryl methyl sites for hydroxylation is 2. The Hall–Kier alpha value is -3.02. The van der Waals surface area contributed by atoms with Crippen LogP contribution in [-0.2, 0) is 9.53 Å². The summed E-state index contributed by atoms with van der Waals surface area (Å²) in [6.07, 6.45) is 0. The van der Waals surface area contributed by atoms with Crippen molar-refractivity contribution in [3.63, 3.8) is 0 Å². The second-order valence-corrected chi connectivity index (χ2v) is 6.28. The number of ether oxygens (including phenoxy) is 3. The Bertz CT molecular complexity index is 846. The van der Waals surface area contributed by atoms with Crippen LogP contribution in [0.15, 0.2) is 36.4 Å². The topological polar surface area (TPSA) is 73.9 Å². The summed E-state index contributed by atoms with van der Waals surface area (Å²) in [5.41, 5.74) is 3.68. The van der Waals surface area contributed by atoms with Crippen LogP contribution in [0.3, 0.4) is 0 Å². The smallest absolute Gasteiger partial charge is 0.338 e. The second kappa shape index (κ2) is 7.47. The minimum absolute atomic E-state index is 0.132. The molecule has 6 heteroatoms. The van der Waals surface area contributed by atoms with Crippen LogP contribution >= 0.6 is 0 Å². The van der Waals surface area contributed by atoms with E-state index in [2.05, 4.69) is 5.32 Å². The van der Waals surface area contributed by atoms with E-state index in [4.69, 9.17) is 14.2 Å². The average Bonchev–Trinajstić information content (AvgIpc) is 3.09. The normalized spacial score (nSPS) is 13.2. The Kier molecular flexibility index (Phi) is 5.11. The van der Waals surface area contributed by atoms with Gasteiger partial charge in [0.2, 0.25) is 6.79 Å². The molecule has 0 unspecified atom stereocenters. The van der Waals surface area contributed by atoms with Gasteiger partial charge in [0.05, 0.1) is 11.6 Å². The summed E-state index contributed by atoms with van der Waals surface area (Å²) in [5, 5.41) is 2.83. The molecule has 6 nitrogen and oxygen atoms in total. The van der Waals surface area contributed by atoms with E-state index >= 15 is 0 Å². The minimum Gasteiger partial charge on any atom is -0.454 e. The summed E-state index contributed by atoms with van der Waals surface area (Å²) >= 11 is 0. The third-order valence-electron chi connectivity index (χ3n) is 4.35. The van der Waals surface area contributed by atoms with Gasteiger partial charge in [0, 0.05) is 0 Å². The summed E-state index contributed by atoms with van der Waals surface area (Å²) in [7, 11) is 0. The lowest BCUT2D eigenvalue weighted by molar-refractivity contribution is -0.124. The van der Waals surface area contributed by atoms with Crippen molar-refractivity contribution in [2.75, 3.05) is 13.4 Å².